The predicted molar refractivity (Wildman–Crippen MR) is 85.8 cm³/mol. The molecule has 21 heavy (non-hydrogen) atoms. The second-order valence-electron chi connectivity index (χ2n) is 4.46. The number of carbonyl (C=O) groups excluding carboxylic acids is 2. The minimum absolute atomic E-state index is 0.0657. The summed E-state index contributed by atoms with van der Waals surface area (Å²) < 4.78 is 6.10. The number of anilines is 1. The van der Waals surface area contributed by atoms with E-state index < -0.39 is 6.03 Å². The van der Waals surface area contributed by atoms with Crippen LogP contribution in [-0.4, -0.2) is 32.1 Å². The van der Waals surface area contributed by atoms with Crippen molar-refractivity contribution >= 4 is 33.6 Å². The second-order valence-corrected chi connectivity index (χ2v) is 5.37. The average Bonchev–Trinajstić information content (AvgIpc) is 2.45. The highest BCUT2D eigenvalue weighted by Crippen LogP contribution is 2.31. The Morgan fingerprint density at radius 3 is 2.62 bits per heavy atom. The topological polar surface area (TPSA) is 79.5 Å². The molecule has 0 aromatic heterocycles. The van der Waals surface area contributed by atoms with Crippen LogP contribution < -0.4 is 20.7 Å². The maximum absolute atomic E-state index is 11.8. The summed E-state index contributed by atoms with van der Waals surface area (Å²) in [5.74, 6) is 0.332. The average molecular weight is 358 g/mol. The van der Waals surface area contributed by atoms with Crippen LogP contribution in [0.1, 0.15) is 18.9 Å². The van der Waals surface area contributed by atoms with Crippen LogP contribution >= 0.6 is 15.9 Å². The minimum Gasteiger partial charge on any atom is -0.495 e. The molecule has 116 valence electrons. The Morgan fingerprint density at radius 1 is 1.29 bits per heavy atom. The standard InChI is InChI=1S/C14H20BrN3O3/c1-4-5-16-12(19)8-17-14(20)18-13-9(2)6-10(15)7-11(13)21-3/h6-7H,4-5,8H2,1-3H3,(H,16,19)(H2,17,18,20). The zero-order valence-corrected chi connectivity index (χ0v) is 14.0. The van der Waals surface area contributed by atoms with Crippen molar-refractivity contribution in [2.24, 2.45) is 0 Å². The Kier molecular flexibility index (Phi) is 7.01. The Morgan fingerprint density at radius 2 is 2.00 bits per heavy atom. The van der Waals surface area contributed by atoms with Crippen molar-refractivity contribution in [3.05, 3.63) is 22.2 Å². The van der Waals surface area contributed by atoms with Crippen molar-refractivity contribution in [3.63, 3.8) is 0 Å². The van der Waals surface area contributed by atoms with E-state index in [4.69, 9.17) is 4.74 Å². The molecule has 0 unspecified atom stereocenters. The Bertz CT molecular complexity index is 520. The molecule has 1 aromatic rings. The number of aryl methyl sites for hydroxylation is 1. The van der Waals surface area contributed by atoms with Gasteiger partial charge in [0.05, 0.1) is 19.3 Å². The molecule has 1 aromatic carbocycles. The molecule has 0 bridgehead atoms. The number of carbonyl (C=O) groups is 2. The molecule has 7 heteroatoms. The highest BCUT2D eigenvalue weighted by molar-refractivity contribution is 9.10. The van der Waals surface area contributed by atoms with Crippen LogP contribution in [0.15, 0.2) is 16.6 Å². The molecule has 0 spiro atoms. The molecule has 0 fully saturated rings. The molecular weight excluding hydrogens is 338 g/mol. The molecule has 0 saturated carbocycles. The molecule has 0 aliphatic rings. The molecule has 0 atom stereocenters. The summed E-state index contributed by atoms with van der Waals surface area (Å²) in [7, 11) is 1.53. The quantitative estimate of drug-likeness (QED) is 0.731. The first kappa shape index (κ1) is 17.3. The van der Waals surface area contributed by atoms with Crippen molar-refractivity contribution in [3.8, 4) is 5.75 Å². The number of nitrogens with one attached hydrogen (secondary N) is 3. The number of rotatable bonds is 6. The third-order valence-electron chi connectivity index (χ3n) is 2.70. The molecule has 0 radical (unpaired) electrons. The summed E-state index contributed by atoms with van der Waals surface area (Å²) in [5.41, 5.74) is 1.43. The highest BCUT2D eigenvalue weighted by Gasteiger charge is 2.12. The Labute approximate surface area is 132 Å². The fourth-order valence-corrected chi connectivity index (χ4v) is 2.23. The van der Waals surface area contributed by atoms with E-state index in [1.54, 1.807) is 6.07 Å². The monoisotopic (exact) mass is 357 g/mol. The predicted octanol–water partition coefficient (Wildman–Crippen LogP) is 2.41. The van der Waals surface area contributed by atoms with Crippen LogP contribution in [0, 0.1) is 6.92 Å². The molecule has 3 amide bonds. The van der Waals surface area contributed by atoms with Crippen LogP contribution in [0.5, 0.6) is 5.75 Å². The summed E-state index contributed by atoms with van der Waals surface area (Å²) in [6.45, 7) is 4.35. The molecule has 6 nitrogen and oxygen atoms in total. The maximum atomic E-state index is 11.8. The minimum atomic E-state index is -0.453. The van der Waals surface area contributed by atoms with Gasteiger partial charge >= 0.3 is 6.03 Å². The van der Waals surface area contributed by atoms with Crippen LogP contribution in [-0.2, 0) is 4.79 Å². The summed E-state index contributed by atoms with van der Waals surface area (Å²) in [6.07, 6.45) is 0.854. The number of urea groups is 1. The zero-order valence-electron chi connectivity index (χ0n) is 12.4. The summed E-state index contributed by atoms with van der Waals surface area (Å²) >= 11 is 3.37. The van der Waals surface area contributed by atoms with Crippen LogP contribution in [0.3, 0.4) is 0 Å². The number of halogens is 1. The largest absolute Gasteiger partial charge is 0.495 e. The SMILES string of the molecule is CCCNC(=O)CNC(=O)Nc1c(C)cc(Br)cc1OC. The molecular formula is C14H20BrN3O3. The summed E-state index contributed by atoms with van der Waals surface area (Å²) in [5, 5.41) is 7.88. The van der Waals surface area contributed by atoms with E-state index in [-0.39, 0.29) is 12.5 Å². The summed E-state index contributed by atoms with van der Waals surface area (Å²) in [4.78, 5) is 23.2. The van der Waals surface area contributed by atoms with Crippen molar-refractivity contribution in [1.82, 2.24) is 10.6 Å². The number of benzene rings is 1. The van der Waals surface area contributed by atoms with Gasteiger partial charge in [0.25, 0.3) is 0 Å². The highest BCUT2D eigenvalue weighted by atomic mass is 79.9. The second kappa shape index (κ2) is 8.51. The van der Waals surface area contributed by atoms with Gasteiger partial charge in [-0.25, -0.2) is 4.79 Å². The number of amides is 3. The first-order valence-corrected chi connectivity index (χ1v) is 7.43. The number of hydrogen-bond donors (Lipinski definition) is 3. The van der Waals surface area contributed by atoms with Crippen molar-refractivity contribution in [2.45, 2.75) is 20.3 Å². The lowest BCUT2D eigenvalue weighted by Gasteiger charge is -2.14. The van der Waals surface area contributed by atoms with E-state index in [0.717, 1.165) is 16.5 Å². The van der Waals surface area contributed by atoms with E-state index in [1.807, 2.05) is 19.9 Å². The molecule has 3 N–H and O–H groups in total. The Hall–Kier alpha value is -1.76. The van der Waals surface area contributed by atoms with E-state index in [1.165, 1.54) is 7.11 Å². The van der Waals surface area contributed by atoms with Crippen LogP contribution in [0.2, 0.25) is 0 Å². The van der Waals surface area contributed by atoms with Crippen molar-refractivity contribution in [1.29, 1.82) is 0 Å². The van der Waals surface area contributed by atoms with E-state index in [2.05, 4.69) is 31.9 Å². The molecule has 0 heterocycles. The first-order chi connectivity index (χ1) is 9.97. The first-order valence-electron chi connectivity index (χ1n) is 6.63. The summed E-state index contributed by atoms with van der Waals surface area (Å²) in [6, 6.07) is 3.17. The van der Waals surface area contributed by atoms with Gasteiger partial charge < -0.3 is 20.7 Å². The van der Waals surface area contributed by atoms with Crippen molar-refractivity contribution in [2.75, 3.05) is 25.5 Å². The van der Waals surface area contributed by atoms with Crippen molar-refractivity contribution < 1.29 is 14.3 Å². The van der Waals surface area contributed by atoms with Gasteiger partial charge in [0.1, 0.15) is 5.75 Å². The van der Waals surface area contributed by atoms with Gasteiger partial charge in [-0.1, -0.05) is 22.9 Å². The molecule has 0 aliphatic carbocycles. The van der Waals surface area contributed by atoms with E-state index >= 15 is 0 Å². The molecule has 0 saturated heterocycles. The number of methoxy groups -OCH3 is 1. The van der Waals surface area contributed by atoms with E-state index in [0.29, 0.717) is 18.0 Å². The number of ether oxygens (including phenoxy) is 1. The van der Waals surface area contributed by atoms with Gasteiger partial charge in [-0.2, -0.15) is 0 Å². The molecule has 1 rings (SSSR count). The zero-order chi connectivity index (χ0) is 15.8. The van der Waals surface area contributed by atoms with Gasteiger partial charge in [0.2, 0.25) is 5.91 Å². The lowest BCUT2D eigenvalue weighted by Crippen LogP contribution is -2.39. The smallest absolute Gasteiger partial charge is 0.319 e. The van der Waals surface area contributed by atoms with Crippen LogP contribution in [0.25, 0.3) is 0 Å². The van der Waals surface area contributed by atoms with Gasteiger partial charge in [-0.05, 0) is 31.0 Å². The number of hydrogen-bond acceptors (Lipinski definition) is 3. The third kappa shape index (κ3) is 5.63. The lowest BCUT2D eigenvalue weighted by atomic mass is 10.2. The molecule has 0 aliphatic heterocycles. The fourth-order valence-electron chi connectivity index (χ4n) is 1.68. The fraction of sp³-hybridized carbons (Fsp3) is 0.429. The van der Waals surface area contributed by atoms with Gasteiger partial charge in [0, 0.05) is 11.0 Å². The van der Waals surface area contributed by atoms with E-state index in [9.17, 15) is 9.59 Å². The van der Waals surface area contributed by atoms with Gasteiger partial charge in [0.15, 0.2) is 0 Å². The van der Waals surface area contributed by atoms with Gasteiger partial charge in [-0.3, -0.25) is 4.79 Å². The van der Waals surface area contributed by atoms with Crippen LogP contribution in [0.4, 0.5) is 10.5 Å². The normalized spacial score (nSPS) is 9.90. The lowest BCUT2D eigenvalue weighted by molar-refractivity contribution is -0.120. The maximum Gasteiger partial charge on any atom is 0.319 e. The third-order valence-corrected chi connectivity index (χ3v) is 3.16. The van der Waals surface area contributed by atoms with Gasteiger partial charge in [-0.15, -0.1) is 0 Å². The Balaban J connectivity index is 2.61.